The molecule has 0 radical (unpaired) electrons. The second kappa shape index (κ2) is 5.78. The van der Waals surface area contributed by atoms with Crippen LogP contribution in [0.3, 0.4) is 0 Å². The van der Waals surface area contributed by atoms with Gasteiger partial charge in [-0.05, 0) is 42.2 Å². The average molecular weight is 312 g/mol. The first-order valence-corrected chi connectivity index (χ1v) is 7.34. The van der Waals surface area contributed by atoms with Crippen LogP contribution in [0.5, 0.6) is 0 Å². The molecule has 1 aromatic heterocycles. The maximum atomic E-state index is 10.0. The first kappa shape index (κ1) is 14.0. The number of fused-ring (bicyclic) bond motifs is 1. The molecule has 1 aromatic carbocycles. The third-order valence-electron chi connectivity index (χ3n) is 3.72. The van der Waals surface area contributed by atoms with E-state index in [4.69, 9.17) is 27.6 Å². The minimum atomic E-state index is -0.642. The SMILES string of the molecule is OC(CNC1CCc2c1ccc(Cl)c2Cl)c1ccco1. The Hall–Kier alpha value is -1.00. The number of nitrogens with one attached hydrogen (secondary N) is 1. The topological polar surface area (TPSA) is 45.4 Å². The molecule has 5 heteroatoms. The van der Waals surface area contributed by atoms with E-state index in [1.807, 2.05) is 12.1 Å². The fraction of sp³-hybridized carbons (Fsp3) is 0.333. The molecule has 0 saturated carbocycles. The number of furan rings is 1. The summed E-state index contributed by atoms with van der Waals surface area (Å²) in [7, 11) is 0. The fourth-order valence-corrected chi connectivity index (χ4v) is 3.12. The van der Waals surface area contributed by atoms with Gasteiger partial charge in [0.05, 0.1) is 16.3 Å². The molecule has 3 rings (SSSR count). The van der Waals surface area contributed by atoms with Crippen molar-refractivity contribution in [3.8, 4) is 0 Å². The van der Waals surface area contributed by atoms with Gasteiger partial charge in [-0.1, -0.05) is 29.3 Å². The second-order valence-electron chi connectivity index (χ2n) is 4.96. The van der Waals surface area contributed by atoms with Crippen LogP contribution >= 0.6 is 23.2 Å². The smallest absolute Gasteiger partial charge is 0.133 e. The van der Waals surface area contributed by atoms with Crippen molar-refractivity contribution in [2.75, 3.05) is 6.54 Å². The summed E-state index contributed by atoms with van der Waals surface area (Å²) >= 11 is 12.3. The molecule has 1 heterocycles. The second-order valence-corrected chi connectivity index (χ2v) is 5.75. The Morgan fingerprint density at radius 1 is 1.35 bits per heavy atom. The summed E-state index contributed by atoms with van der Waals surface area (Å²) in [5, 5.41) is 14.6. The molecule has 1 aliphatic carbocycles. The first-order valence-electron chi connectivity index (χ1n) is 6.58. The van der Waals surface area contributed by atoms with Gasteiger partial charge in [-0.15, -0.1) is 0 Å². The molecule has 0 aliphatic heterocycles. The van der Waals surface area contributed by atoms with Crippen LogP contribution in [-0.4, -0.2) is 11.7 Å². The van der Waals surface area contributed by atoms with E-state index < -0.39 is 6.10 Å². The van der Waals surface area contributed by atoms with Crippen LogP contribution in [0.4, 0.5) is 0 Å². The van der Waals surface area contributed by atoms with Crippen molar-refractivity contribution in [3.63, 3.8) is 0 Å². The Labute approximate surface area is 127 Å². The molecule has 20 heavy (non-hydrogen) atoms. The Kier molecular flexibility index (Phi) is 4.03. The average Bonchev–Trinajstić information content (AvgIpc) is 3.09. The largest absolute Gasteiger partial charge is 0.467 e. The van der Waals surface area contributed by atoms with Gasteiger partial charge in [-0.25, -0.2) is 0 Å². The number of aliphatic hydroxyl groups is 1. The van der Waals surface area contributed by atoms with Gasteiger partial charge in [-0.3, -0.25) is 0 Å². The summed E-state index contributed by atoms with van der Waals surface area (Å²) < 4.78 is 5.19. The standard InChI is InChI=1S/C15H15Cl2NO2/c16-11-5-3-9-10(15(11)17)4-6-12(9)18-8-13(19)14-2-1-7-20-14/h1-3,5,7,12-13,18-19H,4,6,8H2. The van der Waals surface area contributed by atoms with Crippen molar-refractivity contribution in [3.05, 3.63) is 57.5 Å². The number of hydrogen-bond acceptors (Lipinski definition) is 3. The van der Waals surface area contributed by atoms with Crippen LogP contribution in [0.25, 0.3) is 0 Å². The van der Waals surface area contributed by atoms with Gasteiger partial charge in [0.1, 0.15) is 11.9 Å². The molecule has 0 fully saturated rings. The number of aliphatic hydroxyl groups excluding tert-OH is 1. The van der Waals surface area contributed by atoms with E-state index in [1.165, 1.54) is 5.56 Å². The molecule has 0 bridgehead atoms. The highest BCUT2D eigenvalue weighted by Crippen LogP contribution is 2.39. The summed E-state index contributed by atoms with van der Waals surface area (Å²) in [6.45, 7) is 0.442. The Balaban J connectivity index is 1.68. The quantitative estimate of drug-likeness (QED) is 0.900. The zero-order valence-electron chi connectivity index (χ0n) is 10.8. The Bertz CT molecular complexity index is 598. The highest BCUT2D eigenvalue weighted by Gasteiger charge is 2.26. The van der Waals surface area contributed by atoms with E-state index in [1.54, 1.807) is 18.4 Å². The van der Waals surface area contributed by atoms with Crippen molar-refractivity contribution in [2.24, 2.45) is 0 Å². The lowest BCUT2D eigenvalue weighted by Crippen LogP contribution is -2.25. The van der Waals surface area contributed by atoms with Gasteiger partial charge in [0.25, 0.3) is 0 Å². The molecule has 2 aromatic rings. The van der Waals surface area contributed by atoms with E-state index in [2.05, 4.69) is 5.32 Å². The maximum absolute atomic E-state index is 10.0. The summed E-state index contributed by atoms with van der Waals surface area (Å²) in [5.74, 6) is 0.574. The van der Waals surface area contributed by atoms with E-state index in [0.29, 0.717) is 22.4 Å². The fourth-order valence-electron chi connectivity index (χ4n) is 2.68. The monoisotopic (exact) mass is 311 g/mol. The van der Waals surface area contributed by atoms with E-state index >= 15 is 0 Å². The van der Waals surface area contributed by atoms with Crippen molar-refractivity contribution in [1.82, 2.24) is 5.32 Å². The molecule has 3 nitrogen and oxygen atoms in total. The molecule has 0 saturated heterocycles. The Morgan fingerprint density at radius 3 is 2.95 bits per heavy atom. The number of halogens is 2. The first-order chi connectivity index (χ1) is 9.66. The van der Waals surface area contributed by atoms with Crippen molar-refractivity contribution >= 4 is 23.2 Å². The number of rotatable bonds is 4. The van der Waals surface area contributed by atoms with Gasteiger partial charge in [0.15, 0.2) is 0 Å². The maximum Gasteiger partial charge on any atom is 0.133 e. The van der Waals surface area contributed by atoms with Crippen LogP contribution in [0, 0.1) is 0 Å². The zero-order valence-corrected chi connectivity index (χ0v) is 12.3. The number of benzene rings is 1. The lowest BCUT2D eigenvalue weighted by Gasteiger charge is -2.16. The Morgan fingerprint density at radius 2 is 2.20 bits per heavy atom. The molecular formula is C15H15Cl2NO2. The molecule has 2 unspecified atom stereocenters. The molecule has 2 atom stereocenters. The normalized spacial score (nSPS) is 19.1. The molecule has 0 spiro atoms. The van der Waals surface area contributed by atoms with Crippen LogP contribution in [0.2, 0.25) is 10.0 Å². The minimum Gasteiger partial charge on any atom is -0.467 e. The van der Waals surface area contributed by atoms with Gasteiger partial charge in [-0.2, -0.15) is 0 Å². The predicted molar refractivity (Wildman–Crippen MR) is 79.2 cm³/mol. The molecule has 0 amide bonds. The summed E-state index contributed by atoms with van der Waals surface area (Å²) in [5.41, 5.74) is 2.29. The van der Waals surface area contributed by atoms with Crippen LogP contribution in [-0.2, 0) is 6.42 Å². The van der Waals surface area contributed by atoms with Gasteiger partial charge >= 0.3 is 0 Å². The molecule has 106 valence electrons. The van der Waals surface area contributed by atoms with Gasteiger partial charge < -0.3 is 14.8 Å². The van der Waals surface area contributed by atoms with E-state index in [-0.39, 0.29) is 6.04 Å². The highest BCUT2D eigenvalue weighted by molar-refractivity contribution is 6.42. The summed E-state index contributed by atoms with van der Waals surface area (Å²) in [4.78, 5) is 0. The van der Waals surface area contributed by atoms with Crippen LogP contribution in [0.15, 0.2) is 34.9 Å². The predicted octanol–water partition coefficient (Wildman–Crippen LogP) is 3.90. The van der Waals surface area contributed by atoms with Crippen molar-refractivity contribution < 1.29 is 9.52 Å². The lowest BCUT2D eigenvalue weighted by molar-refractivity contribution is 0.143. The zero-order chi connectivity index (χ0) is 14.1. The van der Waals surface area contributed by atoms with Gasteiger partial charge in [0, 0.05) is 12.6 Å². The molecular weight excluding hydrogens is 297 g/mol. The van der Waals surface area contributed by atoms with Crippen LogP contribution < -0.4 is 5.32 Å². The highest BCUT2D eigenvalue weighted by atomic mass is 35.5. The third-order valence-corrected chi connectivity index (χ3v) is 4.56. The van der Waals surface area contributed by atoms with Crippen molar-refractivity contribution in [1.29, 1.82) is 0 Å². The van der Waals surface area contributed by atoms with Gasteiger partial charge in [0.2, 0.25) is 0 Å². The van der Waals surface area contributed by atoms with E-state index in [0.717, 1.165) is 18.4 Å². The number of hydrogen-bond donors (Lipinski definition) is 2. The molecule has 1 aliphatic rings. The molecule has 2 N–H and O–H groups in total. The summed E-state index contributed by atoms with van der Waals surface area (Å²) in [6.07, 6.45) is 2.78. The lowest BCUT2D eigenvalue weighted by atomic mass is 10.1. The van der Waals surface area contributed by atoms with Crippen molar-refractivity contribution in [2.45, 2.75) is 25.0 Å². The minimum absolute atomic E-state index is 0.198. The summed E-state index contributed by atoms with van der Waals surface area (Å²) in [6, 6.07) is 7.57. The third kappa shape index (κ3) is 2.59. The van der Waals surface area contributed by atoms with Crippen LogP contribution in [0.1, 0.15) is 35.5 Å². The van der Waals surface area contributed by atoms with E-state index in [9.17, 15) is 5.11 Å².